The summed E-state index contributed by atoms with van der Waals surface area (Å²) in [5.41, 5.74) is 12.6. The highest BCUT2D eigenvalue weighted by Crippen LogP contribution is 2.25. The highest BCUT2D eigenvalue weighted by Gasteiger charge is 2.11. The van der Waals surface area contributed by atoms with Crippen LogP contribution in [-0.2, 0) is 0 Å². The van der Waals surface area contributed by atoms with Crippen molar-refractivity contribution in [2.75, 3.05) is 6.54 Å². The van der Waals surface area contributed by atoms with E-state index in [9.17, 15) is 0 Å². The lowest BCUT2D eigenvalue weighted by Gasteiger charge is -2.18. The van der Waals surface area contributed by atoms with E-state index in [1.54, 1.807) is 0 Å². The van der Waals surface area contributed by atoms with Gasteiger partial charge in [-0.2, -0.15) is 0 Å². The van der Waals surface area contributed by atoms with Crippen molar-refractivity contribution in [2.45, 2.75) is 32.4 Å². The number of ether oxygens (including phenoxy) is 1. The molecule has 1 aromatic rings. The van der Waals surface area contributed by atoms with Gasteiger partial charge in [-0.3, -0.25) is 0 Å². The Morgan fingerprint density at radius 3 is 2.53 bits per heavy atom. The molecule has 1 aromatic carbocycles. The van der Waals surface area contributed by atoms with E-state index in [-0.39, 0.29) is 12.1 Å². The van der Waals surface area contributed by atoms with Gasteiger partial charge in [0.15, 0.2) is 0 Å². The van der Waals surface area contributed by atoms with E-state index in [0.29, 0.717) is 6.54 Å². The van der Waals surface area contributed by atoms with Gasteiger partial charge in [0.1, 0.15) is 5.75 Å². The molecule has 0 amide bonds. The molecule has 0 fully saturated rings. The molecular weight excluding hydrogens is 188 g/mol. The molecule has 0 unspecified atom stereocenters. The number of nitrogens with two attached hydrogens (primary N) is 2. The second-order valence-corrected chi connectivity index (χ2v) is 3.89. The van der Waals surface area contributed by atoms with Crippen LogP contribution in [0.25, 0.3) is 0 Å². The predicted molar refractivity (Wildman–Crippen MR) is 62.8 cm³/mol. The van der Waals surface area contributed by atoms with Crippen LogP contribution in [0.2, 0.25) is 0 Å². The monoisotopic (exact) mass is 208 g/mol. The van der Waals surface area contributed by atoms with Crippen molar-refractivity contribution >= 4 is 0 Å². The normalized spacial score (nSPS) is 12.9. The molecule has 0 saturated heterocycles. The first kappa shape index (κ1) is 12.0. The summed E-state index contributed by atoms with van der Waals surface area (Å²) in [6, 6.07) is 7.84. The Labute approximate surface area is 91.4 Å². The van der Waals surface area contributed by atoms with Crippen LogP contribution in [-0.4, -0.2) is 12.6 Å². The number of hydrogen-bond donors (Lipinski definition) is 2. The molecule has 0 aliphatic heterocycles. The fraction of sp³-hybridized carbons (Fsp3) is 0.500. The molecule has 0 aliphatic carbocycles. The molecule has 0 bridgehead atoms. The second kappa shape index (κ2) is 5.73. The molecule has 15 heavy (non-hydrogen) atoms. The van der Waals surface area contributed by atoms with Gasteiger partial charge in [-0.1, -0.05) is 18.2 Å². The lowest BCUT2D eigenvalue weighted by atomic mass is 10.0. The van der Waals surface area contributed by atoms with Gasteiger partial charge in [0.2, 0.25) is 0 Å². The van der Waals surface area contributed by atoms with E-state index >= 15 is 0 Å². The van der Waals surface area contributed by atoms with Crippen LogP contribution >= 0.6 is 0 Å². The Hall–Kier alpha value is -1.06. The number of para-hydroxylation sites is 1. The van der Waals surface area contributed by atoms with Crippen molar-refractivity contribution in [3.05, 3.63) is 29.8 Å². The molecule has 1 rings (SSSR count). The van der Waals surface area contributed by atoms with Crippen molar-refractivity contribution in [1.82, 2.24) is 0 Å². The van der Waals surface area contributed by atoms with Crippen LogP contribution in [0.1, 0.15) is 31.9 Å². The SMILES string of the molecule is CC(C)Oc1ccccc1[C@H](N)CCN. The Kier molecular flexibility index (Phi) is 4.59. The van der Waals surface area contributed by atoms with Crippen molar-refractivity contribution in [2.24, 2.45) is 11.5 Å². The van der Waals surface area contributed by atoms with Crippen molar-refractivity contribution in [3.8, 4) is 5.75 Å². The van der Waals surface area contributed by atoms with Crippen LogP contribution in [0.15, 0.2) is 24.3 Å². The van der Waals surface area contributed by atoms with E-state index in [2.05, 4.69) is 0 Å². The standard InChI is InChI=1S/C12H20N2O/c1-9(2)15-12-6-4-3-5-10(12)11(14)7-8-13/h3-6,9,11H,7-8,13-14H2,1-2H3/t11-/m1/s1. The zero-order valence-electron chi connectivity index (χ0n) is 9.44. The molecule has 0 heterocycles. The van der Waals surface area contributed by atoms with E-state index in [1.807, 2.05) is 38.1 Å². The molecule has 0 spiro atoms. The molecule has 0 aromatic heterocycles. The van der Waals surface area contributed by atoms with Crippen LogP contribution in [0.5, 0.6) is 5.75 Å². The third-order valence-electron chi connectivity index (χ3n) is 2.16. The Morgan fingerprint density at radius 1 is 1.27 bits per heavy atom. The van der Waals surface area contributed by atoms with Crippen LogP contribution in [0.3, 0.4) is 0 Å². The fourth-order valence-corrected chi connectivity index (χ4v) is 1.48. The smallest absolute Gasteiger partial charge is 0.124 e. The number of rotatable bonds is 5. The highest BCUT2D eigenvalue weighted by molar-refractivity contribution is 5.35. The third kappa shape index (κ3) is 3.53. The molecule has 3 heteroatoms. The van der Waals surface area contributed by atoms with Gasteiger partial charge in [-0.25, -0.2) is 0 Å². The quantitative estimate of drug-likeness (QED) is 0.776. The molecule has 0 saturated carbocycles. The van der Waals surface area contributed by atoms with Crippen LogP contribution in [0, 0.1) is 0 Å². The first-order chi connectivity index (χ1) is 7.15. The summed E-state index contributed by atoms with van der Waals surface area (Å²) in [5.74, 6) is 0.869. The summed E-state index contributed by atoms with van der Waals surface area (Å²) in [7, 11) is 0. The van der Waals surface area contributed by atoms with Gasteiger partial charge < -0.3 is 16.2 Å². The van der Waals surface area contributed by atoms with E-state index in [1.165, 1.54) is 0 Å². The van der Waals surface area contributed by atoms with Crippen LogP contribution < -0.4 is 16.2 Å². The Bertz CT molecular complexity index is 299. The minimum Gasteiger partial charge on any atom is -0.491 e. The zero-order chi connectivity index (χ0) is 11.3. The average Bonchev–Trinajstić information content (AvgIpc) is 2.18. The zero-order valence-corrected chi connectivity index (χ0v) is 9.44. The molecule has 4 N–H and O–H groups in total. The maximum atomic E-state index is 6.02. The van der Waals surface area contributed by atoms with Gasteiger partial charge in [0.05, 0.1) is 6.10 Å². The van der Waals surface area contributed by atoms with E-state index in [0.717, 1.165) is 17.7 Å². The maximum Gasteiger partial charge on any atom is 0.124 e. The number of benzene rings is 1. The molecule has 0 radical (unpaired) electrons. The summed E-state index contributed by atoms with van der Waals surface area (Å²) >= 11 is 0. The van der Waals surface area contributed by atoms with Gasteiger partial charge in [0.25, 0.3) is 0 Å². The fourth-order valence-electron chi connectivity index (χ4n) is 1.48. The molecule has 1 atom stereocenters. The topological polar surface area (TPSA) is 61.3 Å². The van der Waals surface area contributed by atoms with Gasteiger partial charge in [0, 0.05) is 11.6 Å². The van der Waals surface area contributed by atoms with Crippen LogP contribution in [0.4, 0.5) is 0 Å². The van der Waals surface area contributed by atoms with Crippen molar-refractivity contribution in [3.63, 3.8) is 0 Å². The summed E-state index contributed by atoms with van der Waals surface area (Å²) in [5, 5.41) is 0. The summed E-state index contributed by atoms with van der Waals surface area (Å²) in [6.07, 6.45) is 0.939. The molecule has 3 nitrogen and oxygen atoms in total. The third-order valence-corrected chi connectivity index (χ3v) is 2.16. The van der Waals surface area contributed by atoms with E-state index in [4.69, 9.17) is 16.2 Å². The molecular formula is C12H20N2O. The predicted octanol–water partition coefficient (Wildman–Crippen LogP) is 1.82. The van der Waals surface area contributed by atoms with Crippen molar-refractivity contribution < 1.29 is 4.74 Å². The lowest BCUT2D eigenvalue weighted by Crippen LogP contribution is -2.17. The second-order valence-electron chi connectivity index (χ2n) is 3.89. The maximum absolute atomic E-state index is 6.02. The van der Waals surface area contributed by atoms with Gasteiger partial charge in [-0.05, 0) is 32.9 Å². The number of hydrogen-bond acceptors (Lipinski definition) is 3. The largest absolute Gasteiger partial charge is 0.491 e. The van der Waals surface area contributed by atoms with Gasteiger partial charge >= 0.3 is 0 Å². The average molecular weight is 208 g/mol. The first-order valence-electron chi connectivity index (χ1n) is 5.36. The summed E-state index contributed by atoms with van der Waals surface area (Å²) < 4.78 is 5.69. The Morgan fingerprint density at radius 2 is 1.93 bits per heavy atom. The minimum atomic E-state index is -0.0371. The summed E-state index contributed by atoms with van der Waals surface area (Å²) in [4.78, 5) is 0. The highest BCUT2D eigenvalue weighted by atomic mass is 16.5. The first-order valence-corrected chi connectivity index (χ1v) is 5.36. The summed E-state index contributed by atoms with van der Waals surface area (Å²) in [6.45, 7) is 4.60. The van der Waals surface area contributed by atoms with E-state index < -0.39 is 0 Å². The van der Waals surface area contributed by atoms with Gasteiger partial charge in [-0.15, -0.1) is 0 Å². The lowest BCUT2D eigenvalue weighted by molar-refractivity contribution is 0.238. The minimum absolute atomic E-state index is 0.0371. The van der Waals surface area contributed by atoms with Crippen molar-refractivity contribution in [1.29, 1.82) is 0 Å². The Balaban J connectivity index is 2.85. The molecule has 0 aliphatic rings. The molecule has 84 valence electrons.